The Hall–Kier alpha value is -4.71. The van der Waals surface area contributed by atoms with Crippen LogP contribution in [0.3, 0.4) is 0 Å². The van der Waals surface area contributed by atoms with E-state index in [-0.39, 0.29) is 0 Å². The molecule has 2 nitrogen and oxygen atoms in total. The molecule has 2 N–H and O–H groups in total. The summed E-state index contributed by atoms with van der Waals surface area (Å²) in [7, 11) is 0. The molecule has 0 heterocycles. The van der Waals surface area contributed by atoms with Crippen molar-refractivity contribution in [3.63, 3.8) is 0 Å². The van der Waals surface area contributed by atoms with Gasteiger partial charge < -0.3 is 5.73 Å². The van der Waals surface area contributed by atoms with E-state index in [4.69, 9.17) is 5.73 Å². The van der Waals surface area contributed by atoms with E-state index in [1.54, 1.807) is 0 Å². The first kappa shape index (κ1) is 21.8. The number of nitriles is 1. The van der Waals surface area contributed by atoms with Crippen LogP contribution in [0.2, 0.25) is 0 Å². The van der Waals surface area contributed by atoms with E-state index in [1.807, 2.05) is 36.4 Å². The maximum absolute atomic E-state index is 9.95. The standard InChI is InChI=1S/C34H24N2/c35-21-29-7-2-4-11-32(29)33-17-16-27(19-30(33)22-36)25-8-5-9-26(18-25)28-15-14-24-13-12-23-6-1-3-10-31(23)34(24)20-28/h1-20H,21,35H2. The van der Waals surface area contributed by atoms with Crippen LogP contribution in [-0.4, -0.2) is 0 Å². The smallest absolute Gasteiger partial charge is 0.0998 e. The van der Waals surface area contributed by atoms with Gasteiger partial charge in [-0.05, 0) is 78.7 Å². The molecule has 170 valence electrons. The van der Waals surface area contributed by atoms with E-state index in [0.29, 0.717) is 12.1 Å². The van der Waals surface area contributed by atoms with Crippen molar-refractivity contribution in [2.45, 2.75) is 6.54 Å². The van der Waals surface area contributed by atoms with Gasteiger partial charge in [-0.25, -0.2) is 0 Å². The highest BCUT2D eigenvalue weighted by Gasteiger charge is 2.11. The minimum atomic E-state index is 0.436. The van der Waals surface area contributed by atoms with Gasteiger partial charge in [-0.15, -0.1) is 0 Å². The molecule has 0 aromatic heterocycles. The van der Waals surface area contributed by atoms with Crippen molar-refractivity contribution in [3.05, 3.63) is 132 Å². The lowest BCUT2D eigenvalue weighted by Gasteiger charge is -2.12. The number of hydrogen-bond donors (Lipinski definition) is 1. The van der Waals surface area contributed by atoms with Gasteiger partial charge in [-0.1, -0.05) is 103 Å². The molecule has 0 unspecified atom stereocenters. The molecular weight excluding hydrogens is 436 g/mol. The average Bonchev–Trinajstić information content (AvgIpc) is 2.96. The summed E-state index contributed by atoms with van der Waals surface area (Å²) in [5.74, 6) is 0. The first-order valence-electron chi connectivity index (χ1n) is 12.1. The van der Waals surface area contributed by atoms with Gasteiger partial charge in [0.2, 0.25) is 0 Å². The Labute approximate surface area is 210 Å². The van der Waals surface area contributed by atoms with Gasteiger partial charge in [-0.2, -0.15) is 5.26 Å². The van der Waals surface area contributed by atoms with Gasteiger partial charge in [0.1, 0.15) is 0 Å². The van der Waals surface area contributed by atoms with Crippen molar-refractivity contribution in [2.24, 2.45) is 5.73 Å². The molecule has 6 rings (SSSR count). The van der Waals surface area contributed by atoms with E-state index < -0.39 is 0 Å². The summed E-state index contributed by atoms with van der Waals surface area (Å²) in [6, 6.07) is 44.6. The maximum Gasteiger partial charge on any atom is 0.0998 e. The molecule has 0 fully saturated rings. The summed E-state index contributed by atoms with van der Waals surface area (Å²) < 4.78 is 0. The highest BCUT2D eigenvalue weighted by molar-refractivity contribution is 6.08. The second kappa shape index (κ2) is 9.15. The van der Waals surface area contributed by atoms with Crippen LogP contribution in [-0.2, 0) is 6.54 Å². The van der Waals surface area contributed by atoms with E-state index in [1.165, 1.54) is 27.1 Å². The zero-order valence-electron chi connectivity index (χ0n) is 19.8. The van der Waals surface area contributed by atoms with Gasteiger partial charge in [-0.3, -0.25) is 0 Å². The number of hydrogen-bond acceptors (Lipinski definition) is 2. The highest BCUT2D eigenvalue weighted by Crippen LogP contribution is 2.34. The fraction of sp³-hybridized carbons (Fsp3) is 0.0294. The van der Waals surface area contributed by atoms with E-state index in [9.17, 15) is 5.26 Å². The van der Waals surface area contributed by atoms with Crippen molar-refractivity contribution in [1.82, 2.24) is 0 Å². The van der Waals surface area contributed by atoms with Crippen molar-refractivity contribution in [3.8, 4) is 39.4 Å². The minimum absolute atomic E-state index is 0.436. The Kier molecular flexibility index (Phi) is 5.54. The SMILES string of the molecule is N#Cc1cc(-c2cccc(-c3ccc4ccc5ccccc5c4c3)c2)ccc1-c1ccccc1CN. The number of fused-ring (bicyclic) bond motifs is 3. The molecule has 0 aliphatic carbocycles. The molecule has 2 heteroatoms. The van der Waals surface area contributed by atoms with E-state index in [2.05, 4.69) is 91.0 Å². The molecule has 0 radical (unpaired) electrons. The molecule has 0 bridgehead atoms. The van der Waals surface area contributed by atoms with Gasteiger partial charge in [0.05, 0.1) is 11.6 Å². The third-order valence-electron chi connectivity index (χ3n) is 6.94. The summed E-state index contributed by atoms with van der Waals surface area (Å²) in [6.07, 6.45) is 0. The van der Waals surface area contributed by atoms with Crippen LogP contribution in [0, 0.1) is 11.3 Å². The second-order valence-electron chi connectivity index (χ2n) is 9.04. The molecule has 0 aliphatic rings. The lowest BCUT2D eigenvalue weighted by atomic mass is 9.91. The Morgan fingerprint density at radius 2 is 1.17 bits per heavy atom. The zero-order valence-corrected chi connectivity index (χ0v) is 19.8. The minimum Gasteiger partial charge on any atom is -0.326 e. The Balaban J connectivity index is 1.43. The van der Waals surface area contributed by atoms with E-state index in [0.717, 1.165) is 33.4 Å². The monoisotopic (exact) mass is 460 g/mol. The average molecular weight is 461 g/mol. The van der Waals surface area contributed by atoms with Crippen LogP contribution in [0.4, 0.5) is 0 Å². The third-order valence-corrected chi connectivity index (χ3v) is 6.94. The highest BCUT2D eigenvalue weighted by atomic mass is 14.5. The molecule has 0 aliphatic heterocycles. The quantitative estimate of drug-likeness (QED) is 0.269. The fourth-order valence-electron chi connectivity index (χ4n) is 5.07. The first-order chi connectivity index (χ1) is 17.7. The Morgan fingerprint density at radius 1 is 0.528 bits per heavy atom. The van der Waals surface area contributed by atoms with Crippen molar-refractivity contribution in [1.29, 1.82) is 5.26 Å². The van der Waals surface area contributed by atoms with Gasteiger partial charge in [0.15, 0.2) is 0 Å². The van der Waals surface area contributed by atoms with Crippen LogP contribution in [0.25, 0.3) is 54.9 Å². The van der Waals surface area contributed by atoms with E-state index >= 15 is 0 Å². The van der Waals surface area contributed by atoms with Crippen LogP contribution >= 0.6 is 0 Å². The molecule has 6 aromatic carbocycles. The van der Waals surface area contributed by atoms with Gasteiger partial charge >= 0.3 is 0 Å². The van der Waals surface area contributed by atoms with Crippen molar-refractivity contribution >= 4 is 21.5 Å². The second-order valence-corrected chi connectivity index (χ2v) is 9.04. The summed E-state index contributed by atoms with van der Waals surface area (Å²) >= 11 is 0. The van der Waals surface area contributed by atoms with Gasteiger partial charge in [0, 0.05) is 6.54 Å². The molecule has 0 atom stereocenters. The molecule has 0 saturated heterocycles. The van der Waals surface area contributed by atoms with Crippen LogP contribution in [0.5, 0.6) is 0 Å². The lowest BCUT2D eigenvalue weighted by Crippen LogP contribution is -1.99. The lowest BCUT2D eigenvalue weighted by molar-refractivity contribution is 1.07. The largest absolute Gasteiger partial charge is 0.326 e. The Morgan fingerprint density at radius 3 is 1.97 bits per heavy atom. The third kappa shape index (κ3) is 3.82. The van der Waals surface area contributed by atoms with Crippen LogP contribution < -0.4 is 5.73 Å². The van der Waals surface area contributed by atoms with Crippen LogP contribution in [0.15, 0.2) is 121 Å². The summed E-state index contributed by atoms with van der Waals surface area (Å²) in [4.78, 5) is 0. The van der Waals surface area contributed by atoms with Gasteiger partial charge in [0.25, 0.3) is 0 Å². The normalized spacial score (nSPS) is 11.0. The molecular formula is C34H24N2. The first-order valence-corrected chi connectivity index (χ1v) is 12.1. The molecule has 0 amide bonds. The number of nitrogens with zero attached hydrogens (tertiary/aromatic N) is 1. The predicted molar refractivity (Wildman–Crippen MR) is 150 cm³/mol. The Bertz CT molecular complexity index is 1790. The number of rotatable bonds is 4. The summed E-state index contributed by atoms with van der Waals surface area (Å²) in [5.41, 5.74) is 14.0. The van der Waals surface area contributed by atoms with Crippen LogP contribution in [0.1, 0.15) is 11.1 Å². The maximum atomic E-state index is 9.95. The predicted octanol–water partition coefficient (Wildman–Crippen LogP) is 8.32. The molecule has 36 heavy (non-hydrogen) atoms. The zero-order chi connectivity index (χ0) is 24.5. The number of nitrogens with two attached hydrogens (primary N) is 1. The topological polar surface area (TPSA) is 49.8 Å². The molecule has 6 aromatic rings. The molecule has 0 spiro atoms. The number of benzene rings is 6. The van der Waals surface area contributed by atoms with Crippen molar-refractivity contribution in [2.75, 3.05) is 0 Å². The summed E-state index contributed by atoms with van der Waals surface area (Å²) in [6.45, 7) is 0.436. The fourth-order valence-corrected chi connectivity index (χ4v) is 5.07. The molecule has 0 saturated carbocycles. The summed E-state index contributed by atoms with van der Waals surface area (Å²) in [5, 5.41) is 15.0. The van der Waals surface area contributed by atoms with Crippen molar-refractivity contribution < 1.29 is 0 Å².